The molecule has 18 heavy (non-hydrogen) atoms. The van der Waals surface area contributed by atoms with E-state index < -0.39 is 0 Å². The van der Waals surface area contributed by atoms with Crippen LogP contribution >= 0.6 is 15.9 Å². The van der Waals surface area contributed by atoms with Gasteiger partial charge in [0.05, 0.1) is 11.1 Å². The number of aromatic nitrogens is 3. The fourth-order valence-electron chi connectivity index (χ4n) is 1.84. The SMILES string of the molecule is Cc1ccnc2nc(-c3ccc(Br)cc3F)[nH]c12. The second-order valence-corrected chi connectivity index (χ2v) is 4.95. The van der Waals surface area contributed by atoms with E-state index in [-0.39, 0.29) is 5.82 Å². The molecular formula is C13H9BrFN3. The fraction of sp³-hybridized carbons (Fsp3) is 0.0769. The minimum Gasteiger partial charge on any atom is -0.336 e. The Hall–Kier alpha value is -1.75. The summed E-state index contributed by atoms with van der Waals surface area (Å²) in [5, 5.41) is 0. The number of fused-ring (bicyclic) bond motifs is 1. The summed E-state index contributed by atoms with van der Waals surface area (Å²) < 4.78 is 14.6. The van der Waals surface area contributed by atoms with Crippen LogP contribution in [0.1, 0.15) is 5.56 Å². The van der Waals surface area contributed by atoms with Crippen molar-refractivity contribution in [2.75, 3.05) is 0 Å². The molecule has 3 aromatic rings. The zero-order valence-corrected chi connectivity index (χ0v) is 11.1. The Balaban J connectivity index is 2.23. The fourth-order valence-corrected chi connectivity index (χ4v) is 2.18. The molecule has 1 aromatic carbocycles. The van der Waals surface area contributed by atoms with Crippen molar-refractivity contribution in [2.45, 2.75) is 6.92 Å². The third kappa shape index (κ3) is 1.80. The highest BCUT2D eigenvalue weighted by molar-refractivity contribution is 9.10. The van der Waals surface area contributed by atoms with Crippen molar-refractivity contribution in [3.63, 3.8) is 0 Å². The highest BCUT2D eigenvalue weighted by Gasteiger charge is 2.11. The molecule has 3 nitrogen and oxygen atoms in total. The average Bonchev–Trinajstić information content (AvgIpc) is 2.74. The number of halogens is 2. The van der Waals surface area contributed by atoms with Crippen LogP contribution in [-0.4, -0.2) is 15.0 Å². The molecule has 90 valence electrons. The maximum atomic E-state index is 13.9. The zero-order chi connectivity index (χ0) is 12.7. The number of aryl methyl sites for hydroxylation is 1. The van der Waals surface area contributed by atoms with E-state index in [2.05, 4.69) is 30.9 Å². The van der Waals surface area contributed by atoms with Crippen LogP contribution in [0.2, 0.25) is 0 Å². The molecule has 2 heterocycles. The van der Waals surface area contributed by atoms with E-state index >= 15 is 0 Å². The Labute approximate surface area is 111 Å². The lowest BCUT2D eigenvalue weighted by Gasteiger charge is -1.99. The van der Waals surface area contributed by atoms with Crippen molar-refractivity contribution >= 4 is 27.1 Å². The normalized spacial score (nSPS) is 11.1. The lowest BCUT2D eigenvalue weighted by Crippen LogP contribution is -1.86. The summed E-state index contributed by atoms with van der Waals surface area (Å²) in [6.45, 7) is 1.96. The Morgan fingerprint density at radius 3 is 2.83 bits per heavy atom. The van der Waals surface area contributed by atoms with Gasteiger partial charge in [0, 0.05) is 10.7 Å². The van der Waals surface area contributed by atoms with Gasteiger partial charge in [-0.3, -0.25) is 0 Å². The van der Waals surface area contributed by atoms with E-state index in [9.17, 15) is 4.39 Å². The number of H-pyrrole nitrogens is 1. The molecule has 0 aliphatic heterocycles. The Morgan fingerprint density at radius 2 is 2.11 bits per heavy atom. The van der Waals surface area contributed by atoms with E-state index in [0.717, 1.165) is 11.1 Å². The van der Waals surface area contributed by atoms with E-state index in [0.29, 0.717) is 21.5 Å². The molecule has 1 N–H and O–H groups in total. The van der Waals surface area contributed by atoms with Crippen molar-refractivity contribution < 1.29 is 4.39 Å². The summed E-state index contributed by atoms with van der Waals surface area (Å²) in [6, 6.07) is 6.78. The smallest absolute Gasteiger partial charge is 0.178 e. The van der Waals surface area contributed by atoms with E-state index in [1.54, 1.807) is 18.3 Å². The molecule has 0 aliphatic rings. The highest BCUT2D eigenvalue weighted by Crippen LogP contribution is 2.25. The van der Waals surface area contributed by atoms with Gasteiger partial charge in [-0.1, -0.05) is 15.9 Å². The Kier molecular flexibility index (Phi) is 2.63. The Morgan fingerprint density at radius 1 is 1.28 bits per heavy atom. The van der Waals surface area contributed by atoms with Gasteiger partial charge in [0.2, 0.25) is 0 Å². The van der Waals surface area contributed by atoms with E-state index in [1.165, 1.54) is 6.07 Å². The van der Waals surface area contributed by atoms with Crippen molar-refractivity contribution in [3.8, 4) is 11.4 Å². The number of imidazole rings is 1. The summed E-state index contributed by atoms with van der Waals surface area (Å²) in [5.74, 6) is 0.179. The van der Waals surface area contributed by atoms with Gasteiger partial charge in [0.25, 0.3) is 0 Å². The lowest BCUT2D eigenvalue weighted by molar-refractivity contribution is 0.629. The number of nitrogens with one attached hydrogen (secondary N) is 1. The third-order valence-corrected chi connectivity index (χ3v) is 3.28. The molecule has 0 bridgehead atoms. The van der Waals surface area contributed by atoms with Gasteiger partial charge in [-0.2, -0.15) is 0 Å². The lowest BCUT2D eigenvalue weighted by atomic mass is 10.2. The highest BCUT2D eigenvalue weighted by atomic mass is 79.9. The largest absolute Gasteiger partial charge is 0.336 e. The van der Waals surface area contributed by atoms with Crippen LogP contribution in [0.15, 0.2) is 34.9 Å². The first kappa shape index (κ1) is 11.3. The molecular weight excluding hydrogens is 297 g/mol. The minimum absolute atomic E-state index is 0.318. The zero-order valence-electron chi connectivity index (χ0n) is 9.54. The van der Waals surface area contributed by atoms with Crippen molar-refractivity contribution in [1.29, 1.82) is 0 Å². The number of aromatic amines is 1. The number of nitrogens with zero attached hydrogens (tertiary/aromatic N) is 2. The van der Waals surface area contributed by atoms with Crippen LogP contribution in [0.5, 0.6) is 0 Å². The van der Waals surface area contributed by atoms with Crippen LogP contribution in [0, 0.1) is 12.7 Å². The molecule has 0 unspecified atom stereocenters. The second kappa shape index (κ2) is 4.17. The Bertz CT molecular complexity index is 736. The number of benzene rings is 1. The number of hydrogen-bond donors (Lipinski definition) is 1. The summed E-state index contributed by atoms with van der Waals surface area (Å²) in [5.41, 5.74) is 2.93. The molecule has 0 amide bonds. The summed E-state index contributed by atoms with van der Waals surface area (Å²) in [6.07, 6.45) is 1.69. The van der Waals surface area contributed by atoms with Crippen LogP contribution in [-0.2, 0) is 0 Å². The van der Waals surface area contributed by atoms with Crippen LogP contribution < -0.4 is 0 Å². The predicted octanol–water partition coefficient (Wildman–Crippen LogP) is 3.83. The predicted molar refractivity (Wildman–Crippen MR) is 71.7 cm³/mol. The minimum atomic E-state index is -0.318. The van der Waals surface area contributed by atoms with Gasteiger partial charge in [-0.15, -0.1) is 0 Å². The van der Waals surface area contributed by atoms with Crippen molar-refractivity contribution in [2.24, 2.45) is 0 Å². The van der Waals surface area contributed by atoms with Crippen molar-refractivity contribution in [3.05, 3.63) is 46.3 Å². The summed E-state index contributed by atoms with van der Waals surface area (Å²) in [7, 11) is 0. The van der Waals surface area contributed by atoms with Gasteiger partial charge in [-0.25, -0.2) is 14.4 Å². The molecule has 2 aromatic heterocycles. The number of hydrogen-bond acceptors (Lipinski definition) is 2. The topological polar surface area (TPSA) is 41.6 Å². The standard InChI is InChI=1S/C13H9BrFN3/c1-7-4-5-16-13-11(7)17-12(18-13)9-3-2-8(14)6-10(9)15/h2-6H,1H3,(H,16,17,18). The average molecular weight is 306 g/mol. The number of pyridine rings is 1. The molecule has 0 aliphatic carbocycles. The van der Waals surface area contributed by atoms with Gasteiger partial charge >= 0.3 is 0 Å². The third-order valence-electron chi connectivity index (χ3n) is 2.79. The monoisotopic (exact) mass is 305 g/mol. The molecule has 0 spiro atoms. The first-order valence-electron chi connectivity index (χ1n) is 5.42. The van der Waals surface area contributed by atoms with E-state index in [4.69, 9.17) is 0 Å². The first-order valence-corrected chi connectivity index (χ1v) is 6.21. The maximum Gasteiger partial charge on any atom is 0.178 e. The summed E-state index contributed by atoms with van der Waals surface area (Å²) >= 11 is 3.23. The van der Waals surface area contributed by atoms with Gasteiger partial charge in [0.15, 0.2) is 5.65 Å². The molecule has 0 fully saturated rings. The molecule has 0 saturated carbocycles. The van der Waals surface area contributed by atoms with Crippen LogP contribution in [0.4, 0.5) is 4.39 Å². The molecule has 0 saturated heterocycles. The van der Waals surface area contributed by atoms with E-state index in [1.807, 2.05) is 13.0 Å². The molecule has 5 heteroatoms. The van der Waals surface area contributed by atoms with Gasteiger partial charge in [0.1, 0.15) is 11.6 Å². The second-order valence-electron chi connectivity index (χ2n) is 4.04. The van der Waals surface area contributed by atoms with Crippen LogP contribution in [0.25, 0.3) is 22.6 Å². The molecule has 0 radical (unpaired) electrons. The maximum absolute atomic E-state index is 13.9. The summed E-state index contributed by atoms with van der Waals surface area (Å²) in [4.78, 5) is 11.6. The molecule has 3 rings (SSSR count). The van der Waals surface area contributed by atoms with Crippen molar-refractivity contribution in [1.82, 2.24) is 15.0 Å². The quantitative estimate of drug-likeness (QED) is 0.742. The van der Waals surface area contributed by atoms with Gasteiger partial charge in [-0.05, 0) is 36.8 Å². The number of rotatable bonds is 1. The van der Waals surface area contributed by atoms with Gasteiger partial charge < -0.3 is 4.98 Å². The molecule has 0 atom stereocenters. The van der Waals surface area contributed by atoms with Crippen LogP contribution in [0.3, 0.4) is 0 Å². The first-order chi connectivity index (χ1) is 8.65.